The molecular weight excluding hydrogens is 507 g/mol. The number of hydrogen-bond donors (Lipinski definition) is 2. The fraction of sp³-hybridized carbons (Fsp3) is 0.375. The summed E-state index contributed by atoms with van der Waals surface area (Å²) >= 11 is 0. The van der Waals surface area contributed by atoms with Crippen molar-refractivity contribution in [2.45, 2.75) is 77.3 Å². The van der Waals surface area contributed by atoms with Gasteiger partial charge in [0.1, 0.15) is 17.7 Å². The first-order chi connectivity index (χ1) is 19.3. The van der Waals surface area contributed by atoms with Crippen LogP contribution in [0.1, 0.15) is 74.1 Å². The molecule has 3 aromatic rings. The lowest BCUT2D eigenvalue weighted by molar-refractivity contribution is -0.127. The molecule has 1 aromatic heterocycles. The fourth-order valence-electron chi connectivity index (χ4n) is 5.28. The average molecular weight is 545 g/mol. The van der Waals surface area contributed by atoms with Crippen LogP contribution in [0.5, 0.6) is 0 Å². The van der Waals surface area contributed by atoms with Crippen LogP contribution < -0.4 is 15.5 Å². The van der Waals surface area contributed by atoms with Crippen LogP contribution in [-0.4, -0.2) is 28.7 Å². The summed E-state index contributed by atoms with van der Waals surface area (Å²) in [6.07, 6.45) is 7.09. The minimum atomic E-state index is -0.987. The number of carbonyl (C=O) groups is 3. The number of pyridine rings is 1. The van der Waals surface area contributed by atoms with Crippen molar-refractivity contribution in [1.29, 1.82) is 0 Å². The van der Waals surface area contributed by atoms with E-state index in [2.05, 4.69) is 15.6 Å². The third-order valence-corrected chi connectivity index (χ3v) is 7.12. The summed E-state index contributed by atoms with van der Waals surface area (Å²) in [7, 11) is 0. The number of benzene rings is 2. The summed E-state index contributed by atoms with van der Waals surface area (Å²) in [4.78, 5) is 45.9. The summed E-state index contributed by atoms with van der Waals surface area (Å²) < 4.78 is 13.9. The van der Waals surface area contributed by atoms with Gasteiger partial charge in [0.05, 0.1) is 0 Å². The summed E-state index contributed by atoms with van der Waals surface area (Å²) in [5, 5.41) is 5.90. The van der Waals surface area contributed by atoms with E-state index in [1.54, 1.807) is 36.5 Å². The molecule has 1 atom stereocenters. The highest BCUT2D eigenvalue weighted by Crippen LogP contribution is 2.31. The second kappa shape index (κ2) is 13.8. The smallest absolute Gasteiger partial charge is 0.248 e. The number of amides is 3. The zero-order valence-electron chi connectivity index (χ0n) is 23.2. The number of nitrogens with zero attached hydrogens (tertiary/aromatic N) is 2. The van der Waals surface area contributed by atoms with Crippen LogP contribution in [0.25, 0.3) is 0 Å². The number of anilines is 2. The molecule has 0 aliphatic heterocycles. The topological polar surface area (TPSA) is 91.4 Å². The maximum absolute atomic E-state index is 13.9. The molecular formula is C32H37FN4O3. The van der Waals surface area contributed by atoms with Crippen LogP contribution in [0.15, 0.2) is 66.9 Å². The Kier molecular flexibility index (Phi) is 10.00. The van der Waals surface area contributed by atoms with E-state index in [0.29, 0.717) is 23.5 Å². The van der Waals surface area contributed by atoms with E-state index >= 15 is 0 Å². The van der Waals surface area contributed by atoms with Crippen molar-refractivity contribution in [3.63, 3.8) is 0 Å². The second-order valence-corrected chi connectivity index (χ2v) is 10.5. The molecule has 0 radical (unpaired) electrons. The number of hydrogen-bond acceptors (Lipinski definition) is 4. The largest absolute Gasteiger partial charge is 0.351 e. The van der Waals surface area contributed by atoms with E-state index in [1.165, 1.54) is 17.0 Å². The molecule has 3 amide bonds. The van der Waals surface area contributed by atoms with E-state index in [4.69, 9.17) is 0 Å². The first kappa shape index (κ1) is 28.9. The Hall–Kier alpha value is -4.07. The van der Waals surface area contributed by atoms with Crippen molar-refractivity contribution in [2.75, 3.05) is 10.2 Å². The van der Waals surface area contributed by atoms with Gasteiger partial charge in [-0.1, -0.05) is 43.5 Å². The van der Waals surface area contributed by atoms with Gasteiger partial charge in [0.2, 0.25) is 17.7 Å². The van der Waals surface area contributed by atoms with Gasteiger partial charge in [0, 0.05) is 30.8 Å². The van der Waals surface area contributed by atoms with Crippen molar-refractivity contribution in [1.82, 2.24) is 10.3 Å². The van der Waals surface area contributed by atoms with Gasteiger partial charge in [-0.15, -0.1) is 0 Å². The molecule has 1 aliphatic carbocycles. The third-order valence-electron chi connectivity index (χ3n) is 7.12. The SMILES string of the molecule is Cc1cc(C)cc(N(C(=O)CCCC(=O)Nc2ccccn2)[C@H](C(=O)NC2CCCCC2)c2ccc(F)cc2)c1. The number of aromatic nitrogens is 1. The minimum Gasteiger partial charge on any atom is -0.351 e. The molecule has 0 saturated heterocycles. The average Bonchev–Trinajstić information content (AvgIpc) is 2.92. The normalized spacial score (nSPS) is 14.3. The molecule has 1 saturated carbocycles. The highest BCUT2D eigenvalue weighted by molar-refractivity contribution is 6.01. The molecule has 210 valence electrons. The van der Waals surface area contributed by atoms with Gasteiger partial charge in [0.15, 0.2) is 0 Å². The molecule has 4 rings (SSSR count). The quantitative estimate of drug-likeness (QED) is 0.319. The summed E-state index contributed by atoms with van der Waals surface area (Å²) in [5.41, 5.74) is 3.02. The maximum Gasteiger partial charge on any atom is 0.248 e. The minimum absolute atomic E-state index is 0.0377. The molecule has 40 heavy (non-hydrogen) atoms. The van der Waals surface area contributed by atoms with Crippen LogP contribution in [0.4, 0.5) is 15.9 Å². The van der Waals surface area contributed by atoms with Crippen LogP contribution >= 0.6 is 0 Å². The molecule has 0 bridgehead atoms. The van der Waals surface area contributed by atoms with E-state index in [1.807, 2.05) is 32.0 Å². The van der Waals surface area contributed by atoms with Crippen molar-refractivity contribution in [2.24, 2.45) is 0 Å². The van der Waals surface area contributed by atoms with Gasteiger partial charge < -0.3 is 10.6 Å². The van der Waals surface area contributed by atoms with Crippen molar-refractivity contribution in [3.8, 4) is 0 Å². The molecule has 0 spiro atoms. The zero-order chi connectivity index (χ0) is 28.5. The highest BCUT2D eigenvalue weighted by atomic mass is 19.1. The van der Waals surface area contributed by atoms with Gasteiger partial charge in [-0.2, -0.15) is 0 Å². The number of nitrogens with one attached hydrogen (secondary N) is 2. The van der Waals surface area contributed by atoms with E-state index in [9.17, 15) is 18.8 Å². The molecule has 1 aliphatic rings. The molecule has 8 heteroatoms. The van der Waals surface area contributed by atoms with Crippen molar-refractivity contribution >= 4 is 29.2 Å². The molecule has 7 nitrogen and oxygen atoms in total. The van der Waals surface area contributed by atoms with Gasteiger partial charge in [-0.3, -0.25) is 19.3 Å². The zero-order valence-corrected chi connectivity index (χ0v) is 23.2. The first-order valence-corrected chi connectivity index (χ1v) is 14.0. The Morgan fingerprint density at radius 3 is 2.30 bits per heavy atom. The number of carbonyl (C=O) groups excluding carboxylic acids is 3. The third kappa shape index (κ3) is 7.97. The molecule has 2 N–H and O–H groups in total. The van der Waals surface area contributed by atoms with Crippen molar-refractivity contribution in [3.05, 3.63) is 89.4 Å². The Bertz CT molecular complexity index is 1290. The van der Waals surface area contributed by atoms with E-state index < -0.39 is 11.9 Å². The summed E-state index contributed by atoms with van der Waals surface area (Å²) in [6, 6.07) is 15.8. The van der Waals surface area contributed by atoms with Crippen LogP contribution in [0, 0.1) is 19.7 Å². The van der Waals surface area contributed by atoms with E-state index in [0.717, 1.165) is 43.2 Å². The highest BCUT2D eigenvalue weighted by Gasteiger charge is 2.34. The Morgan fingerprint density at radius 2 is 1.65 bits per heavy atom. The lowest BCUT2D eigenvalue weighted by atomic mass is 9.94. The summed E-state index contributed by atoms with van der Waals surface area (Å²) in [6.45, 7) is 3.88. The Balaban J connectivity index is 1.60. The van der Waals surface area contributed by atoms with Crippen molar-refractivity contribution < 1.29 is 18.8 Å². The fourth-order valence-corrected chi connectivity index (χ4v) is 5.28. The lowest BCUT2D eigenvalue weighted by Gasteiger charge is -2.34. The standard InChI is InChI=1S/C32H37FN4O3/c1-22-19-23(2)21-27(20-22)37(30(39)13-8-12-29(38)36-28-11-6-7-18-34-28)31(24-14-16-25(33)17-15-24)32(40)35-26-9-4-3-5-10-26/h6-7,11,14-21,26,31H,3-5,8-10,12-13H2,1-2H3,(H,35,40)(H,34,36,38)/t31-/m0/s1. The van der Waals surface area contributed by atoms with Gasteiger partial charge in [-0.25, -0.2) is 9.37 Å². The Morgan fingerprint density at radius 1 is 0.950 bits per heavy atom. The van der Waals surface area contributed by atoms with E-state index in [-0.39, 0.29) is 36.6 Å². The maximum atomic E-state index is 13.9. The second-order valence-electron chi connectivity index (χ2n) is 10.5. The number of aryl methyl sites for hydroxylation is 2. The predicted octanol–water partition coefficient (Wildman–Crippen LogP) is 6.17. The van der Waals surface area contributed by atoms with Crippen LogP contribution in [0.3, 0.4) is 0 Å². The predicted molar refractivity (Wildman–Crippen MR) is 154 cm³/mol. The number of rotatable bonds is 10. The number of halogens is 1. The lowest BCUT2D eigenvalue weighted by Crippen LogP contribution is -2.47. The molecule has 1 fully saturated rings. The summed E-state index contributed by atoms with van der Waals surface area (Å²) in [5.74, 6) is -0.790. The monoisotopic (exact) mass is 544 g/mol. The van der Waals surface area contributed by atoms with Crippen LogP contribution in [0.2, 0.25) is 0 Å². The Labute approximate surface area is 235 Å². The first-order valence-electron chi connectivity index (χ1n) is 14.0. The van der Waals surface area contributed by atoms with Gasteiger partial charge in [0.25, 0.3) is 0 Å². The van der Waals surface area contributed by atoms with Crippen LogP contribution in [-0.2, 0) is 14.4 Å². The molecule has 1 heterocycles. The van der Waals surface area contributed by atoms with Gasteiger partial charge >= 0.3 is 0 Å². The van der Waals surface area contributed by atoms with Gasteiger partial charge in [-0.05, 0) is 86.2 Å². The molecule has 2 aromatic carbocycles. The molecule has 0 unspecified atom stereocenters.